The molecule has 0 aliphatic carbocycles. The van der Waals surface area contributed by atoms with E-state index in [-0.39, 0.29) is 5.75 Å². The lowest BCUT2D eigenvalue weighted by atomic mass is 9.98. The van der Waals surface area contributed by atoms with Crippen LogP contribution in [0.1, 0.15) is 20.8 Å². The summed E-state index contributed by atoms with van der Waals surface area (Å²) in [7, 11) is 0.0323. The Hall–Kier alpha value is -1.52. The van der Waals surface area contributed by atoms with Crippen molar-refractivity contribution >= 4 is 28.7 Å². The molecule has 0 aromatic rings. The van der Waals surface area contributed by atoms with Crippen LogP contribution in [-0.4, -0.2) is 71.9 Å². The summed E-state index contributed by atoms with van der Waals surface area (Å²) in [4.78, 5) is 34.2. The van der Waals surface area contributed by atoms with Gasteiger partial charge in [-0.25, -0.2) is 0 Å². The summed E-state index contributed by atoms with van der Waals surface area (Å²) < 4.78 is 37.9. The van der Waals surface area contributed by atoms with Crippen LogP contribution < -0.4 is 0 Å². The minimum absolute atomic E-state index is 0.0162. The molecular formula is C14H22O9S. The van der Waals surface area contributed by atoms with E-state index in [4.69, 9.17) is 23.7 Å². The van der Waals surface area contributed by atoms with E-state index < -0.39 is 59.4 Å². The molecule has 0 radical (unpaired) electrons. The van der Waals surface area contributed by atoms with Crippen molar-refractivity contribution in [1.82, 2.24) is 0 Å². The molecule has 1 rings (SSSR count). The molecule has 9 nitrogen and oxygen atoms in total. The van der Waals surface area contributed by atoms with E-state index in [0.29, 0.717) is 0 Å². The third-order valence-electron chi connectivity index (χ3n) is 3.13. The van der Waals surface area contributed by atoms with Crippen LogP contribution in [0.25, 0.3) is 0 Å². The van der Waals surface area contributed by atoms with Gasteiger partial charge >= 0.3 is 17.9 Å². The van der Waals surface area contributed by atoms with Crippen molar-refractivity contribution in [3.8, 4) is 0 Å². The first-order chi connectivity index (χ1) is 11.1. The first kappa shape index (κ1) is 20.5. The van der Waals surface area contributed by atoms with Gasteiger partial charge in [-0.2, -0.15) is 0 Å². The molecule has 1 fully saturated rings. The summed E-state index contributed by atoms with van der Waals surface area (Å²) in [6.07, 6.45) is -3.86. The minimum atomic E-state index is -1.29. The lowest BCUT2D eigenvalue weighted by Crippen LogP contribution is -2.62. The molecule has 1 aliphatic heterocycles. The second-order valence-electron chi connectivity index (χ2n) is 5.24. The standard InChI is InChI=1S/C14H22O9S/c1-7(15)20-11-10(6-24(5)18)23-14(19-4)13(22-9(3)17)12(11)21-8(2)16/h10-14H,6H2,1-5H3/t10-,11-,12+,13-,14+,24?/m1/s1. The zero-order valence-corrected chi connectivity index (χ0v) is 15.0. The highest BCUT2D eigenvalue weighted by atomic mass is 32.2. The quantitative estimate of drug-likeness (QED) is 0.454. The third kappa shape index (κ3) is 5.84. The van der Waals surface area contributed by atoms with Crippen molar-refractivity contribution in [2.45, 2.75) is 51.5 Å². The maximum atomic E-state index is 11.6. The average Bonchev–Trinajstić information content (AvgIpc) is 2.42. The lowest BCUT2D eigenvalue weighted by molar-refractivity contribution is -0.294. The van der Waals surface area contributed by atoms with Crippen molar-refractivity contribution < 1.29 is 42.3 Å². The van der Waals surface area contributed by atoms with Crippen LogP contribution in [-0.2, 0) is 48.9 Å². The summed E-state index contributed by atoms with van der Waals surface area (Å²) in [5.74, 6) is -1.95. The van der Waals surface area contributed by atoms with Crippen LogP contribution >= 0.6 is 0 Å². The van der Waals surface area contributed by atoms with Crippen molar-refractivity contribution in [2.24, 2.45) is 0 Å². The number of carbonyl (C=O) groups excluding carboxylic acids is 3. The molecule has 6 atom stereocenters. The molecule has 138 valence electrons. The predicted octanol–water partition coefficient (Wildman–Crippen LogP) is -0.469. The number of esters is 3. The topological polar surface area (TPSA) is 114 Å². The number of hydrogen-bond acceptors (Lipinski definition) is 9. The third-order valence-corrected chi connectivity index (χ3v) is 3.93. The maximum absolute atomic E-state index is 11.6. The smallest absolute Gasteiger partial charge is 0.303 e. The van der Waals surface area contributed by atoms with Gasteiger partial charge in [0.15, 0.2) is 24.6 Å². The first-order valence-corrected chi connectivity index (χ1v) is 8.88. The Bertz CT molecular complexity index is 506. The normalized spacial score (nSPS) is 31.0. The molecule has 0 spiro atoms. The van der Waals surface area contributed by atoms with E-state index in [1.165, 1.54) is 34.1 Å². The minimum Gasteiger partial charge on any atom is -0.456 e. The number of ether oxygens (including phenoxy) is 5. The Morgan fingerprint density at radius 1 is 0.917 bits per heavy atom. The molecule has 1 heterocycles. The number of methoxy groups -OCH3 is 1. The molecular weight excluding hydrogens is 344 g/mol. The number of rotatable bonds is 6. The van der Waals surface area contributed by atoms with Crippen LogP contribution in [0.15, 0.2) is 0 Å². The van der Waals surface area contributed by atoms with Gasteiger partial charge in [0, 0.05) is 44.9 Å². The number of hydrogen-bond donors (Lipinski definition) is 0. The summed E-state index contributed by atoms with van der Waals surface area (Å²) in [6, 6.07) is 0. The Morgan fingerprint density at radius 2 is 1.38 bits per heavy atom. The van der Waals surface area contributed by atoms with Crippen LogP contribution in [0.5, 0.6) is 0 Å². The van der Waals surface area contributed by atoms with Gasteiger partial charge in [0.25, 0.3) is 0 Å². The van der Waals surface area contributed by atoms with Crippen molar-refractivity contribution in [2.75, 3.05) is 19.1 Å². The monoisotopic (exact) mass is 366 g/mol. The summed E-state index contributed by atoms with van der Waals surface area (Å²) >= 11 is 0. The van der Waals surface area contributed by atoms with E-state index in [9.17, 15) is 18.6 Å². The Kier molecular flexibility index (Phi) is 7.77. The second kappa shape index (κ2) is 9.09. The summed E-state index contributed by atoms with van der Waals surface area (Å²) in [5.41, 5.74) is 0. The highest BCUT2D eigenvalue weighted by molar-refractivity contribution is 7.84. The predicted molar refractivity (Wildman–Crippen MR) is 81.3 cm³/mol. The molecule has 0 aromatic carbocycles. The van der Waals surface area contributed by atoms with E-state index in [2.05, 4.69) is 0 Å². The van der Waals surface area contributed by atoms with Crippen molar-refractivity contribution in [3.63, 3.8) is 0 Å². The summed E-state index contributed by atoms with van der Waals surface area (Å²) in [5, 5.41) is 0. The van der Waals surface area contributed by atoms with Crippen molar-refractivity contribution in [3.05, 3.63) is 0 Å². The van der Waals surface area contributed by atoms with E-state index >= 15 is 0 Å². The highest BCUT2D eigenvalue weighted by Gasteiger charge is 2.52. The SMILES string of the molecule is CO[C@H]1O[C@H](CS(C)=O)[C@@H](OC(C)=O)[C@H](OC(C)=O)[C@H]1OC(C)=O. The van der Waals surface area contributed by atoms with E-state index in [1.54, 1.807) is 0 Å². The van der Waals surface area contributed by atoms with Crippen molar-refractivity contribution in [1.29, 1.82) is 0 Å². The van der Waals surface area contributed by atoms with Gasteiger partial charge in [0.1, 0.15) is 6.10 Å². The molecule has 0 N–H and O–H groups in total. The second-order valence-corrected chi connectivity index (χ2v) is 6.72. The average molecular weight is 366 g/mol. The van der Waals surface area contributed by atoms with Gasteiger partial charge in [-0.1, -0.05) is 0 Å². The molecule has 0 amide bonds. The largest absolute Gasteiger partial charge is 0.456 e. The first-order valence-electron chi connectivity index (χ1n) is 7.15. The molecule has 1 aliphatic rings. The van der Waals surface area contributed by atoms with Gasteiger partial charge in [0.05, 0.1) is 5.75 Å². The Morgan fingerprint density at radius 3 is 1.79 bits per heavy atom. The maximum Gasteiger partial charge on any atom is 0.303 e. The zero-order valence-electron chi connectivity index (χ0n) is 14.2. The van der Waals surface area contributed by atoms with Gasteiger partial charge in [-0.15, -0.1) is 0 Å². The Balaban J connectivity index is 3.23. The van der Waals surface area contributed by atoms with Gasteiger partial charge in [-0.05, 0) is 0 Å². The molecule has 0 bridgehead atoms. The van der Waals surface area contributed by atoms with Gasteiger partial charge in [-0.3, -0.25) is 18.6 Å². The van der Waals surface area contributed by atoms with E-state index in [0.717, 1.165) is 0 Å². The van der Waals surface area contributed by atoms with E-state index in [1.807, 2.05) is 0 Å². The molecule has 24 heavy (non-hydrogen) atoms. The zero-order chi connectivity index (χ0) is 18.4. The van der Waals surface area contributed by atoms with Gasteiger partial charge in [0.2, 0.25) is 0 Å². The van der Waals surface area contributed by atoms with Crippen LogP contribution in [0.3, 0.4) is 0 Å². The molecule has 1 unspecified atom stereocenters. The fourth-order valence-corrected chi connectivity index (χ4v) is 3.14. The molecule has 10 heteroatoms. The van der Waals surface area contributed by atoms with Crippen LogP contribution in [0.4, 0.5) is 0 Å². The molecule has 0 aromatic heterocycles. The fraction of sp³-hybridized carbons (Fsp3) is 0.786. The number of carbonyl (C=O) groups is 3. The Labute approximate surface area is 142 Å². The fourth-order valence-electron chi connectivity index (χ4n) is 2.41. The van der Waals surface area contributed by atoms with Crippen LogP contribution in [0, 0.1) is 0 Å². The van der Waals surface area contributed by atoms with Gasteiger partial charge < -0.3 is 23.7 Å². The molecule has 1 saturated heterocycles. The summed E-state index contributed by atoms with van der Waals surface area (Å²) in [6.45, 7) is 3.51. The molecule has 0 saturated carbocycles. The highest BCUT2D eigenvalue weighted by Crippen LogP contribution is 2.29. The van der Waals surface area contributed by atoms with Crippen LogP contribution in [0.2, 0.25) is 0 Å². The lowest BCUT2D eigenvalue weighted by Gasteiger charge is -2.43.